The molecule has 2 heterocycles. The van der Waals surface area contributed by atoms with Crippen molar-refractivity contribution in [3.05, 3.63) is 41.8 Å². The van der Waals surface area contributed by atoms with Crippen molar-refractivity contribution in [1.29, 1.82) is 0 Å². The van der Waals surface area contributed by atoms with Gasteiger partial charge in [0.1, 0.15) is 5.82 Å². The number of H-pyrrole nitrogens is 1. The molecule has 0 spiro atoms. The summed E-state index contributed by atoms with van der Waals surface area (Å²) in [4.78, 5) is 16.8. The molecule has 0 unspecified atom stereocenters. The number of hydrogen-bond acceptors (Lipinski definition) is 3. The van der Waals surface area contributed by atoms with Crippen LogP contribution in [0, 0.1) is 5.82 Å². The molecule has 1 aliphatic rings. The first kappa shape index (κ1) is 18.4. The van der Waals surface area contributed by atoms with Crippen LogP contribution < -0.4 is 5.32 Å². The van der Waals surface area contributed by atoms with E-state index in [9.17, 15) is 9.18 Å². The largest absolute Gasteiger partial charge is 0.334 e. The molecule has 0 saturated carbocycles. The minimum atomic E-state index is -0.276. The maximum Gasteiger partial charge on any atom is 0.317 e. The Morgan fingerprint density at radius 1 is 1.23 bits per heavy atom. The molecule has 3 rings (SSSR count). The summed E-state index contributed by atoms with van der Waals surface area (Å²) in [5, 5.41) is 9.98. The van der Waals surface area contributed by atoms with E-state index in [4.69, 9.17) is 0 Å². The van der Waals surface area contributed by atoms with Gasteiger partial charge in [0.2, 0.25) is 0 Å². The second-order valence-electron chi connectivity index (χ2n) is 6.62. The Kier molecular flexibility index (Phi) is 6.22. The summed E-state index contributed by atoms with van der Waals surface area (Å²) in [6.07, 6.45) is 3.84. The fraction of sp³-hybridized carbons (Fsp3) is 0.474. The van der Waals surface area contributed by atoms with Gasteiger partial charge in [-0.05, 0) is 50.2 Å². The summed E-state index contributed by atoms with van der Waals surface area (Å²) in [6, 6.07) is 6.18. The Balaban J connectivity index is 1.57. The van der Waals surface area contributed by atoms with Crippen LogP contribution in [0.2, 0.25) is 0 Å². The van der Waals surface area contributed by atoms with Gasteiger partial charge in [0.15, 0.2) is 0 Å². The number of urea groups is 1. The topological polar surface area (TPSA) is 64.3 Å². The minimum Gasteiger partial charge on any atom is -0.334 e. The van der Waals surface area contributed by atoms with Gasteiger partial charge in [-0.15, -0.1) is 0 Å². The van der Waals surface area contributed by atoms with Gasteiger partial charge in [-0.2, -0.15) is 5.10 Å². The van der Waals surface area contributed by atoms with Crippen LogP contribution in [-0.2, 0) is 6.54 Å². The Hall–Kier alpha value is -2.41. The van der Waals surface area contributed by atoms with Crippen LogP contribution in [0.4, 0.5) is 9.18 Å². The van der Waals surface area contributed by atoms with Crippen molar-refractivity contribution in [2.24, 2.45) is 0 Å². The number of benzene rings is 1. The smallest absolute Gasteiger partial charge is 0.317 e. The highest BCUT2D eigenvalue weighted by Gasteiger charge is 2.19. The van der Waals surface area contributed by atoms with Crippen molar-refractivity contribution >= 4 is 6.03 Å². The minimum absolute atomic E-state index is 0.0467. The van der Waals surface area contributed by atoms with E-state index in [1.807, 2.05) is 4.90 Å². The number of aromatic amines is 1. The zero-order valence-corrected chi connectivity index (χ0v) is 15.2. The number of carbonyl (C=O) groups excluding carboxylic acids is 1. The van der Waals surface area contributed by atoms with E-state index >= 15 is 0 Å². The van der Waals surface area contributed by atoms with Gasteiger partial charge in [0, 0.05) is 37.3 Å². The van der Waals surface area contributed by atoms with E-state index in [1.165, 1.54) is 12.1 Å². The lowest BCUT2D eigenvalue weighted by Crippen LogP contribution is -2.41. The van der Waals surface area contributed by atoms with Gasteiger partial charge in [0.05, 0.1) is 11.9 Å². The third-order valence-electron chi connectivity index (χ3n) is 4.70. The van der Waals surface area contributed by atoms with Crippen LogP contribution in [0.3, 0.4) is 0 Å². The first-order valence-electron chi connectivity index (χ1n) is 9.20. The summed E-state index contributed by atoms with van der Waals surface area (Å²) in [7, 11) is 0. The molecule has 0 aliphatic carbocycles. The van der Waals surface area contributed by atoms with E-state index in [-0.39, 0.29) is 11.8 Å². The second kappa shape index (κ2) is 8.80. The van der Waals surface area contributed by atoms with Gasteiger partial charge in [-0.3, -0.25) is 5.10 Å². The van der Waals surface area contributed by atoms with Gasteiger partial charge >= 0.3 is 6.03 Å². The maximum absolute atomic E-state index is 13.1. The number of carbonyl (C=O) groups is 1. The van der Waals surface area contributed by atoms with Crippen LogP contribution in [0.1, 0.15) is 25.3 Å². The normalized spacial score (nSPS) is 15.7. The molecule has 26 heavy (non-hydrogen) atoms. The van der Waals surface area contributed by atoms with Crippen LogP contribution in [-0.4, -0.2) is 58.8 Å². The Morgan fingerprint density at radius 3 is 2.81 bits per heavy atom. The molecule has 2 aromatic rings. The average Bonchev–Trinajstić information content (AvgIpc) is 2.99. The molecule has 2 amide bonds. The number of nitrogens with one attached hydrogen (secondary N) is 2. The summed E-state index contributed by atoms with van der Waals surface area (Å²) in [5.41, 5.74) is 2.53. The van der Waals surface area contributed by atoms with Gasteiger partial charge < -0.3 is 15.1 Å². The van der Waals surface area contributed by atoms with E-state index in [1.54, 1.807) is 18.3 Å². The van der Waals surface area contributed by atoms with Crippen LogP contribution in [0.15, 0.2) is 30.5 Å². The van der Waals surface area contributed by atoms with E-state index in [0.29, 0.717) is 6.54 Å². The summed E-state index contributed by atoms with van der Waals surface area (Å²) in [5.74, 6) is -0.276. The zero-order chi connectivity index (χ0) is 18.4. The van der Waals surface area contributed by atoms with Crippen molar-refractivity contribution in [3.8, 4) is 11.3 Å². The molecule has 7 heteroatoms. The molecule has 1 fully saturated rings. The average molecular weight is 359 g/mol. The van der Waals surface area contributed by atoms with Gasteiger partial charge in [0.25, 0.3) is 0 Å². The molecule has 140 valence electrons. The van der Waals surface area contributed by atoms with E-state index < -0.39 is 0 Å². The molecular weight excluding hydrogens is 333 g/mol. The Morgan fingerprint density at radius 2 is 2.04 bits per heavy atom. The van der Waals surface area contributed by atoms with Crippen molar-refractivity contribution in [2.75, 3.05) is 32.7 Å². The number of halogens is 1. The zero-order valence-electron chi connectivity index (χ0n) is 15.2. The van der Waals surface area contributed by atoms with Crippen molar-refractivity contribution in [2.45, 2.75) is 26.3 Å². The fourth-order valence-corrected chi connectivity index (χ4v) is 3.31. The first-order valence-corrected chi connectivity index (χ1v) is 9.20. The SMILES string of the molecule is CCCN1CCCN(C(=O)NCc2cn[nH]c2-c2ccc(F)cc2)CC1. The lowest BCUT2D eigenvalue weighted by molar-refractivity contribution is 0.197. The highest BCUT2D eigenvalue weighted by atomic mass is 19.1. The molecule has 0 atom stereocenters. The predicted octanol–water partition coefficient (Wildman–Crippen LogP) is 2.84. The van der Waals surface area contributed by atoms with E-state index in [2.05, 4.69) is 27.3 Å². The van der Waals surface area contributed by atoms with Crippen molar-refractivity contribution < 1.29 is 9.18 Å². The van der Waals surface area contributed by atoms with E-state index in [0.717, 1.165) is 62.4 Å². The molecule has 6 nitrogen and oxygen atoms in total. The van der Waals surface area contributed by atoms with Crippen molar-refractivity contribution in [3.63, 3.8) is 0 Å². The number of rotatable bonds is 5. The fourth-order valence-electron chi connectivity index (χ4n) is 3.31. The summed E-state index contributed by atoms with van der Waals surface area (Å²) < 4.78 is 13.1. The standard InChI is InChI=1S/C19H26FN5O/c1-2-8-24-9-3-10-25(12-11-24)19(26)21-13-16-14-22-23-18(16)15-4-6-17(20)7-5-15/h4-7,14H,2-3,8-13H2,1H3,(H,21,26)(H,22,23). The van der Waals surface area contributed by atoms with Crippen LogP contribution >= 0.6 is 0 Å². The molecule has 1 saturated heterocycles. The maximum atomic E-state index is 13.1. The summed E-state index contributed by atoms with van der Waals surface area (Å²) in [6.45, 7) is 7.16. The molecule has 0 bridgehead atoms. The lowest BCUT2D eigenvalue weighted by atomic mass is 10.1. The molecular formula is C19H26FN5O. The highest BCUT2D eigenvalue weighted by molar-refractivity contribution is 5.74. The number of nitrogens with zero attached hydrogens (tertiary/aromatic N) is 3. The quantitative estimate of drug-likeness (QED) is 0.863. The third-order valence-corrected chi connectivity index (χ3v) is 4.70. The van der Waals surface area contributed by atoms with Crippen LogP contribution in [0.25, 0.3) is 11.3 Å². The first-order chi connectivity index (χ1) is 12.7. The number of hydrogen-bond donors (Lipinski definition) is 2. The monoisotopic (exact) mass is 359 g/mol. The molecule has 2 N–H and O–H groups in total. The summed E-state index contributed by atoms with van der Waals surface area (Å²) >= 11 is 0. The third kappa shape index (κ3) is 4.60. The number of aromatic nitrogens is 2. The predicted molar refractivity (Wildman–Crippen MR) is 99.1 cm³/mol. The second-order valence-corrected chi connectivity index (χ2v) is 6.62. The number of amides is 2. The molecule has 1 aliphatic heterocycles. The van der Waals surface area contributed by atoms with Gasteiger partial charge in [-0.25, -0.2) is 9.18 Å². The molecule has 1 aromatic carbocycles. The Bertz CT molecular complexity index is 715. The van der Waals surface area contributed by atoms with Crippen molar-refractivity contribution in [1.82, 2.24) is 25.3 Å². The van der Waals surface area contributed by atoms with Crippen LogP contribution in [0.5, 0.6) is 0 Å². The van der Waals surface area contributed by atoms with Gasteiger partial charge in [-0.1, -0.05) is 6.92 Å². The Labute approximate surface area is 153 Å². The molecule has 0 radical (unpaired) electrons. The lowest BCUT2D eigenvalue weighted by Gasteiger charge is -2.22. The molecule has 1 aromatic heterocycles. The highest BCUT2D eigenvalue weighted by Crippen LogP contribution is 2.21.